The number of nitrogens with zero attached hydrogens (tertiary/aromatic N) is 1. The lowest BCUT2D eigenvalue weighted by Crippen LogP contribution is -3.12. The lowest BCUT2D eigenvalue weighted by molar-refractivity contribution is -0.884. The van der Waals surface area contributed by atoms with Crippen molar-refractivity contribution in [2.24, 2.45) is 0 Å². The molecule has 1 aliphatic rings. The Kier molecular flexibility index (Phi) is 5.35. The standard InChI is InChI=1S/C16H19ClN4O2S/c1-20-6-8-21(9-7-20)19-13(22)10-18-16(23)15-14(17)11-4-2-3-5-12(11)24-15/h2-5H,6-10H2,1H3,(H,18,23)(H,19,22)/p+1. The topological polar surface area (TPSA) is 65.9 Å². The van der Waals surface area contributed by atoms with Crippen molar-refractivity contribution < 1.29 is 14.5 Å². The normalized spacial score (nSPS) is 16.2. The molecule has 1 aromatic carbocycles. The van der Waals surface area contributed by atoms with E-state index in [4.69, 9.17) is 11.6 Å². The second-order valence-corrected chi connectivity index (χ2v) is 7.33. The number of hydrogen-bond donors (Lipinski definition) is 3. The van der Waals surface area contributed by atoms with E-state index >= 15 is 0 Å². The molecule has 3 rings (SSSR count). The molecule has 0 aliphatic carbocycles. The summed E-state index contributed by atoms with van der Waals surface area (Å²) in [6, 6.07) is 7.59. The van der Waals surface area contributed by atoms with Crippen LogP contribution >= 0.6 is 22.9 Å². The summed E-state index contributed by atoms with van der Waals surface area (Å²) in [5.41, 5.74) is 2.82. The van der Waals surface area contributed by atoms with Crippen molar-refractivity contribution in [2.75, 3.05) is 39.8 Å². The number of fused-ring (bicyclic) bond motifs is 1. The summed E-state index contributed by atoms with van der Waals surface area (Å²) in [5, 5.41) is 5.84. The third kappa shape index (κ3) is 3.87. The number of benzene rings is 1. The number of amides is 2. The number of piperazine rings is 1. The minimum atomic E-state index is -0.320. The zero-order chi connectivity index (χ0) is 17.1. The fourth-order valence-electron chi connectivity index (χ4n) is 2.62. The first-order valence-electron chi connectivity index (χ1n) is 7.85. The molecule has 0 spiro atoms. The van der Waals surface area contributed by atoms with Gasteiger partial charge < -0.3 is 10.2 Å². The van der Waals surface area contributed by atoms with Crippen LogP contribution in [-0.4, -0.2) is 56.6 Å². The number of hydrogen-bond acceptors (Lipinski definition) is 4. The van der Waals surface area contributed by atoms with Crippen molar-refractivity contribution in [3.63, 3.8) is 0 Å². The number of nitrogens with one attached hydrogen (secondary N) is 3. The molecule has 2 amide bonds. The monoisotopic (exact) mass is 367 g/mol. The van der Waals surface area contributed by atoms with Crippen LogP contribution in [0.5, 0.6) is 0 Å². The molecule has 1 aliphatic heterocycles. The molecule has 8 heteroatoms. The van der Waals surface area contributed by atoms with Crippen LogP contribution in [0, 0.1) is 0 Å². The highest BCUT2D eigenvalue weighted by atomic mass is 35.5. The second-order valence-electron chi connectivity index (χ2n) is 5.90. The maximum Gasteiger partial charge on any atom is 0.263 e. The Labute approximate surface area is 149 Å². The molecule has 1 saturated heterocycles. The smallest absolute Gasteiger partial charge is 0.263 e. The summed E-state index contributed by atoms with van der Waals surface area (Å²) in [7, 11) is 2.13. The zero-order valence-electron chi connectivity index (χ0n) is 13.4. The Hall–Kier alpha value is -1.67. The summed E-state index contributed by atoms with van der Waals surface area (Å²) in [5.74, 6) is -0.542. The number of carbonyl (C=O) groups is 2. The van der Waals surface area contributed by atoms with E-state index in [2.05, 4.69) is 17.8 Å². The van der Waals surface area contributed by atoms with Gasteiger partial charge >= 0.3 is 0 Å². The minimum absolute atomic E-state index is 0.0669. The molecule has 2 aromatic rings. The van der Waals surface area contributed by atoms with Gasteiger partial charge in [-0.3, -0.25) is 15.0 Å². The van der Waals surface area contributed by atoms with Crippen LogP contribution in [0.3, 0.4) is 0 Å². The van der Waals surface area contributed by atoms with E-state index in [-0.39, 0.29) is 18.4 Å². The number of thiophene rings is 1. The summed E-state index contributed by atoms with van der Waals surface area (Å²) in [6.07, 6.45) is 0. The van der Waals surface area contributed by atoms with Crippen LogP contribution < -0.4 is 15.6 Å². The van der Waals surface area contributed by atoms with Gasteiger partial charge in [0.2, 0.25) is 0 Å². The van der Waals surface area contributed by atoms with Crippen LogP contribution in [-0.2, 0) is 4.79 Å². The molecule has 0 atom stereocenters. The molecule has 24 heavy (non-hydrogen) atoms. The van der Waals surface area contributed by atoms with E-state index in [1.807, 2.05) is 29.3 Å². The van der Waals surface area contributed by atoms with E-state index in [1.54, 1.807) is 0 Å². The van der Waals surface area contributed by atoms with E-state index in [9.17, 15) is 9.59 Å². The average molecular weight is 368 g/mol. The Morgan fingerprint density at radius 2 is 2.00 bits per heavy atom. The van der Waals surface area contributed by atoms with Gasteiger partial charge in [-0.1, -0.05) is 29.8 Å². The summed E-state index contributed by atoms with van der Waals surface area (Å²) in [6.45, 7) is 3.54. The van der Waals surface area contributed by atoms with Crippen molar-refractivity contribution in [3.8, 4) is 0 Å². The Bertz CT molecular complexity index is 756. The van der Waals surface area contributed by atoms with Crippen LogP contribution in [0.1, 0.15) is 9.67 Å². The minimum Gasteiger partial charge on any atom is -0.342 e. The molecule has 0 radical (unpaired) electrons. The van der Waals surface area contributed by atoms with Gasteiger partial charge in [-0.15, -0.1) is 11.3 Å². The van der Waals surface area contributed by atoms with Crippen molar-refractivity contribution in [2.45, 2.75) is 0 Å². The average Bonchev–Trinajstić information content (AvgIpc) is 2.92. The Morgan fingerprint density at radius 3 is 2.71 bits per heavy atom. The van der Waals surface area contributed by atoms with Gasteiger partial charge in [0.05, 0.1) is 44.8 Å². The molecule has 0 saturated carbocycles. The molecule has 2 heterocycles. The molecule has 1 fully saturated rings. The maximum atomic E-state index is 12.3. The number of halogens is 1. The first-order chi connectivity index (χ1) is 11.5. The van der Waals surface area contributed by atoms with Gasteiger partial charge in [-0.2, -0.15) is 0 Å². The number of likely N-dealkylation sites (N-methyl/N-ethyl adjacent to an activating group) is 1. The Morgan fingerprint density at radius 1 is 1.29 bits per heavy atom. The first kappa shape index (κ1) is 17.2. The van der Waals surface area contributed by atoms with E-state index in [0.717, 1.165) is 36.3 Å². The Balaban J connectivity index is 1.54. The van der Waals surface area contributed by atoms with Crippen molar-refractivity contribution in [3.05, 3.63) is 34.2 Å². The number of carbonyl (C=O) groups excluding carboxylic acids is 2. The van der Waals surface area contributed by atoms with E-state index in [1.165, 1.54) is 16.2 Å². The quantitative estimate of drug-likeness (QED) is 0.720. The van der Waals surface area contributed by atoms with Crippen LogP contribution in [0.25, 0.3) is 10.1 Å². The molecule has 128 valence electrons. The predicted molar refractivity (Wildman–Crippen MR) is 95.5 cm³/mol. The SMILES string of the molecule is C[NH+]1CCN(NC(=O)CNC(=O)c2sc3ccccc3c2Cl)CC1. The van der Waals surface area contributed by atoms with Crippen LogP contribution in [0.2, 0.25) is 5.02 Å². The molecule has 6 nitrogen and oxygen atoms in total. The maximum absolute atomic E-state index is 12.3. The van der Waals surface area contributed by atoms with Gasteiger partial charge in [0.25, 0.3) is 11.8 Å². The molecular weight excluding hydrogens is 348 g/mol. The largest absolute Gasteiger partial charge is 0.342 e. The van der Waals surface area contributed by atoms with Gasteiger partial charge in [0.15, 0.2) is 0 Å². The number of rotatable bonds is 4. The highest BCUT2D eigenvalue weighted by molar-refractivity contribution is 7.21. The lowest BCUT2D eigenvalue weighted by atomic mass is 10.2. The third-order valence-corrected chi connectivity index (χ3v) is 5.72. The number of quaternary nitrogens is 1. The zero-order valence-corrected chi connectivity index (χ0v) is 15.0. The second kappa shape index (κ2) is 7.48. The highest BCUT2D eigenvalue weighted by Gasteiger charge is 2.20. The van der Waals surface area contributed by atoms with Crippen molar-refractivity contribution >= 4 is 44.8 Å². The molecule has 0 unspecified atom stereocenters. The fourth-order valence-corrected chi connectivity index (χ4v) is 4.05. The number of hydrazine groups is 1. The van der Waals surface area contributed by atoms with Crippen molar-refractivity contribution in [1.29, 1.82) is 0 Å². The fraction of sp³-hybridized carbons (Fsp3) is 0.375. The predicted octanol–water partition coefficient (Wildman–Crippen LogP) is 0.146. The first-order valence-corrected chi connectivity index (χ1v) is 9.05. The van der Waals surface area contributed by atoms with Gasteiger partial charge in [0.1, 0.15) is 4.88 Å². The highest BCUT2D eigenvalue weighted by Crippen LogP contribution is 2.34. The van der Waals surface area contributed by atoms with Gasteiger partial charge in [-0.25, -0.2) is 5.01 Å². The summed E-state index contributed by atoms with van der Waals surface area (Å²) >= 11 is 7.61. The van der Waals surface area contributed by atoms with Crippen LogP contribution in [0.4, 0.5) is 0 Å². The molecular formula is C16H20ClN4O2S+. The summed E-state index contributed by atoms with van der Waals surface area (Å²) < 4.78 is 0.956. The molecule has 1 aromatic heterocycles. The van der Waals surface area contributed by atoms with E-state index < -0.39 is 0 Å². The van der Waals surface area contributed by atoms with Crippen molar-refractivity contribution in [1.82, 2.24) is 15.8 Å². The van der Waals surface area contributed by atoms with Gasteiger partial charge in [-0.05, 0) is 6.07 Å². The molecule has 3 N–H and O–H groups in total. The lowest BCUT2D eigenvalue weighted by Gasteiger charge is -2.30. The summed E-state index contributed by atoms with van der Waals surface area (Å²) in [4.78, 5) is 26.2. The van der Waals surface area contributed by atoms with Crippen LogP contribution in [0.15, 0.2) is 24.3 Å². The van der Waals surface area contributed by atoms with Gasteiger partial charge in [0, 0.05) is 10.1 Å². The molecule has 0 bridgehead atoms. The third-order valence-electron chi connectivity index (χ3n) is 4.05. The van der Waals surface area contributed by atoms with E-state index in [0.29, 0.717) is 9.90 Å².